The molecule has 3 amide bonds. The summed E-state index contributed by atoms with van der Waals surface area (Å²) in [6.45, 7) is 3.97. The van der Waals surface area contributed by atoms with Gasteiger partial charge in [0.25, 0.3) is 17.7 Å². The summed E-state index contributed by atoms with van der Waals surface area (Å²) in [5.41, 5.74) is 4.57. The normalized spacial score (nSPS) is 15.8. The molecule has 178 valence electrons. The van der Waals surface area contributed by atoms with Crippen LogP contribution in [0.3, 0.4) is 0 Å². The Morgan fingerprint density at radius 3 is 1.86 bits per heavy atom. The molecule has 0 spiro atoms. The molecule has 0 saturated carbocycles. The Bertz CT molecular complexity index is 1190. The Balaban J connectivity index is 1.13. The van der Waals surface area contributed by atoms with Crippen LogP contribution in [0.5, 0.6) is 0 Å². The standard InChI is InChI=1S/C29H29N3O3/c33-27(30-18-21-8-10-22(11-9-21)19-31-16-4-1-5-17-31)24-14-12-23(13-15-24)20-32-28(34)25-6-2-3-7-26(25)29(32)35/h2-3,6-15H,1,4-5,16-20H2,(H,30,33). The molecule has 5 rings (SSSR count). The number of hydrogen-bond acceptors (Lipinski definition) is 4. The number of piperidine rings is 1. The molecule has 3 aromatic rings. The molecule has 2 heterocycles. The van der Waals surface area contributed by atoms with Crippen LogP contribution in [0, 0.1) is 0 Å². The maximum Gasteiger partial charge on any atom is 0.261 e. The van der Waals surface area contributed by atoms with Crippen molar-refractivity contribution in [1.82, 2.24) is 15.1 Å². The lowest BCUT2D eigenvalue weighted by Crippen LogP contribution is -2.29. The smallest absolute Gasteiger partial charge is 0.261 e. The summed E-state index contributed by atoms with van der Waals surface area (Å²) >= 11 is 0. The van der Waals surface area contributed by atoms with Crippen molar-refractivity contribution in [3.8, 4) is 0 Å². The molecule has 35 heavy (non-hydrogen) atoms. The number of carbonyl (C=O) groups is 3. The number of fused-ring (bicyclic) bond motifs is 1. The number of carbonyl (C=O) groups excluding carboxylic acids is 3. The second-order valence-electron chi connectivity index (χ2n) is 9.27. The Morgan fingerprint density at radius 1 is 0.686 bits per heavy atom. The first-order chi connectivity index (χ1) is 17.1. The first kappa shape index (κ1) is 23.0. The fourth-order valence-corrected chi connectivity index (χ4v) is 4.75. The fraction of sp³-hybridized carbons (Fsp3) is 0.276. The Labute approximate surface area is 205 Å². The van der Waals surface area contributed by atoms with Crippen LogP contribution in [0.15, 0.2) is 72.8 Å². The van der Waals surface area contributed by atoms with E-state index in [-0.39, 0.29) is 24.3 Å². The van der Waals surface area contributed by atoms with Gasteiger partial charge in [-0.1, -0.05) is 55.0 Å². The van der Waals surface area contributed by atoms with Crippen LogP contribution in [0.25, 0.3) is 0 Å². The van der Waals surface area contributed by atoms with Crippen molar-refractivity contribution >= 4 is 17.7 Å². The number of amides is 3. The van der Waals surface area contributed by atoms with Gasteiger partial charge in [-0.25, -0.2) is 0 Å². The van der Waals surface area contributed by atoms with Crippen molar-refractivity contribution in [2.45, 2.75) is 38.9 Å². The first-order valence-electron chi connectivity index (χ1n) is 12.2. The predicted molar refractivity (Wildman–Crippen MR) is 134 cm³/mol. The van der Waals surface area contributed by atoms with Gasteiger partial charge in [-0.3, -0.25) is 24.2 Å². The quantitative estimate of drug-likeness (QED) is 0.523. The third kappa shape index (κ3) is 5.17. The molecule has 3 aromatic carbocycles. The van der Waals surface area contributed by atoms with Gasteiger partial charge in [0, 0.05) is 18.7 Å². The summed E-state index contributed by atoms with van der Waals surface area (Å²) in [5.74, 6) is -0.724. The number of hydrogen-bond donors (Lipinski definition) is 1. The highest BCUT2D eigenvalue weighted by atomic mass is 16.2. The SMILES string of the molecule is O=C(NCc1ccc(CN2CCCCC2)cc1)c1ccc(CN2C(=O)c3ccccc3C2=O)cc1. The number of nitrogens with zero attached hydrogens (tertiary/aromatic N) is 2. The fourth-order valence-electron chi connectivity index (χ4n) is 4.75. The van der Waals surface area contributed by atoms with Crippen molar-refractivity contribution in [2.75, 3.05) is 13.1 Å². The second-order valence-corrected chi connectivity index (χ2v) is 9.27. The summed E-state index contributed by atoms with van der Waals surface area (Å²) in [5, 5.41) is 2.97. The molecule has 0 atom stereocenters. The van der Waals surface area contributed by atoms with E-state index in [9.17, 15) is 14.4 Å². The third-order valence-electron chi connectivity index (χ3n) is 6.77. The molecule has 0 radical (unpaired) electrons. The molecule has 0 aromatic heterocycles. The van der Waals surface area contributed by atoms with Gasteiger partial charge >= 0.3 is 0 Å². The molecule has 0 aliphatic carbocycles. The molecule has 6 nitrogen and oxygen atoms in total. The average Bonchev–Trinajstić information content (AvgIpc) is 3.14. The molecular weight excluding hydrogens is 438 g/mol. The van der Waals surface area contributed by atoms with Crippen LogP contribution in [0.2, 0.25) is 0 Å². The molecule has 1 N–H and O–H groups in total. The molecule has 0 unspecified atom stereocenters. The van der Waals surface area contributed by atoms with Crippen LogP contribution < -0.4 is 5.32 Å². The van der Waals surface area contributed by atoms with Gasteiger partial charge in [0.15, 0.2) is 0 Å². The zero-order valence-corrected chi connectivity index (χ0v) is 19.7. The zero-order valence-electron chi connectivity index (χ0n) is 19.7. The van der Waals surface area contributed by atoms with E-state index in [1.54, 1.807) is 48.5 Å². The molecule has 6 heteroatoms. The summed E-state index contributed by atoms with van der Waals surface area (Å²) in [6, 6.07) is 22.3. The van der Waals surface area contributed by atoms with E-state index in [1.807, 2.05) is 0 Å². The minimum atomic E-state index is -0.283. The Hall–Kier alpha value is -3.77. The average molecular weight is 468 g/mol. The molecule has 2 aliphatic rings. The molecule has 0 bridgehead atoms. The zero-order chi connectivity index (χ0) is 24.2. The highest BCUT2D eigenvalue weighted by Crippen LogP contribution is 2.24. The van der Waals surface area contributed by atoms with Crippen molar-refractivity contribution in [1.29, 1.82) is 0 Å². The van der Waals surface area contributed by atoms with Crippen molar-refractivity contribution in [2.24, 2.45) is 0 Å². The highest BCUT2D eigenvalue weighted by molar-refractivity contribution is 6.21. The number of imide groups is 1. The van der Waals surface area contributed by atoms with Gasteiger partial charge in [-0.05, 0) is 66.9 Å². The van der Waals surface area contributed by atoms with E-state index in [2.05, 4.69) is 34.5 Å². The van der Waals surface area contributed by atoms with Gasteiger partial charge in [0.05, 0.1) is 17.7 Å². The summed E-state index contributed by atoms with van der Waals surface area (Å²) in [7, 11) is 0. The third-order valence-corrected chi connectivity index (χ3v) is 6.77. The van der Waals surface area contributed by atoms with Gasteiger partial charge < -0.3 is 5.32 Å². The summed E-state index contributed by atoms with van der Waals surface area (Å²) in [4.78, 5) is 41.5. The molecule has 2 aliphatic heterocycles. The number of benzene rings is 3. The maximum atomic E-state index is 12.6. The molecule has 1 fully saturated rings. The van der Waals surface area contributed by atoms with Crippen molar-refractivity contribution in [3.63, 3.8) is 0 Å². The van der Waals surface area contributed by atoms with E-state index < -0.39 is 0 Å². The van der Waals surface area contributed by atoms with Gasteiger partial charge in [0.1, 0.15) is 0 Å². The van der Waals surface area contributed by atoms with Crippen LogP contribution in [-0.4, -0.2) is 40.6 Å². The van der Waals surface area contributed by atoms with Crippen LogP contribution >= 0.6 is 0 Å². The molecule has 1 saturated heterocycles. The second kappa shape index (κ2) is 10.2. The van der Waals surface area contributed by atoms with Crippen LogP contribution in [0.4, 0.5) is 0 Å². The first-order valence-corrected chi connectivity index (χ1v) is 12.2. The largest absolute Gasteiger partial charge is 0.348 e. The van der Waals surface area contributed by atoms with Crippen molar-refractivity contribution < 1.29 is 14.4 Å². The number of likely N-dealkylation sites (tertiary alicyclic amines) is 1. The van der Waals surface area contributed by atoms with E-state index in [0.717, 1.165) is 17.7 Å². The van der Waals surface area contributed by atoms with E-state index >= 15 is 0 Å². The lowest BCUT2D eigenvalue weighted by Gasteiger charge is -2.26. The Morgan fingerprint density at radius 2 is 1.23 bits per heavy atom. The van der Waals surface area contributed by atoms with Gasteiger partial charge in [0.2, 0.25) is 0 Å². The summed E-state index contributed by atoms with van der Waals surface area (Å²) < 4.78 is 0. The van der Waals surface area contributed by atoms with Gasteiger partial charge in [-0.15, -0.1) is 0 Å². The number of rotatable bonds is 7. The topological polar surface area (TPSA) is 69.7 Å². The van der Waals surface area contributed by atoms with Crippen molar-refractivity contribution in [3.05, 3.63) is 106 Å². The minimum Gasteiger partial charge on any atom is -0.348 e. The summed E-state index contributed by atoms with van der Waals surface area (Å²) in [6.07, 6.45) is 3.91. The maximum absolute atomic E-state index is 12.6. The minimum absolute atomic E-state index is 0.158. The lowest BCUT2D eigenvalue weighted by molar-refractivity contribution is 0.0641. The Kier molecular flexibility index (Phi) is 6.73. The van der Waals surface area contributed by atoms with E-state index in [0.29, 0.717) is 23.2 Å². The van der Waals surface area contributed by atoms with Gasteiger partial charge in [-0.2, -0.15) is 0 Å². The van der Waals surface area contributed by atoms with Crippen LogP contribution in [-0.2, 0) is 19.6 Å². The number of nitrogens with one attached hydrogen (secondary N) is 1. The van der Waals surface area contributed by atoms with E-state index in [1.165, 1.54) is 42.8 Å². The monoisotopic (exact) mass is 467 g/mol. The lowest BCUT2D eigenvalue weighted by atomic mass is 10.1. The highest BCUT2D eigenvalue weighted by Gasteiger charge is 2.34. The molecular formula is C29H29N3O3. The van der Waals surface area contributed by atoms with Crippen LogP contribution in [0.1, 0.15) is 67.0 Å². The predicted octanol–water partition coefficient (Wildman–Crippen LogP) is 4.40. The van der Waals surface area contributed by atoms with E-state index in [4.69, 9.17) is 0 Å².